The van der Waals surface area contributed by atoms with Gasteiger partial charge in [0, 0.05) is 44.2 Å². The largest absolute Gasteiger partial charge is 0.455 e. The lowest BCUT2D eigenvalue weighted by atomic mass is 9.81. The summed E-state index contributed by atoms with van der Waals surface area (Å²) in [5.41, 5.74) is 18.4. The van der Waals surface area contributed by atoms with Gasteiger partial charge in [-0.05, 0) is 112 Å². The van der Waals surface area contributed by atoms with Crippen molar-refractivity contribution in [3.05, 3.63) is 217 Å². The molecular formula is C57H40N2O. The Hall–Kier alpha value is -7.62. The molecule has 3 nitrogen and oxygen atoms in total. The summed E-state index contributed by atoms with van der Waals surface area (Å²) in [5.74, 6) is 0. The van der Waals surface area contributed by atoms with Gasteiger partial charge in [0.2, 0.25) is 0 Å². The zero-order valence-corrected chi connectivity index (χ0v) is 33.4. The molecule has 0 unspecified atom stereocenters. The van der Waals surface area contributed by atoms with Gasteiger partial charge in [-0.25, -0.2) is 0 Å². The molecule has 12 rings (SSSR count). The number of hydrogen-bond donors (Lipinski definition) is 0. The van der Waals surface area contributed by atoms with E-state index in [1.165, 1.54) is 55.2 Å². The second kappa shape index (κ2) is 13.2. The first kappa shape index (κ1) is 34.4. The summed E-state index contributed by atoms with van der Waals surface area (Å²) in [5, 5.41) is 4.67. The fourth-order valence-electron chi connectivity index (χ4n) is 9.93. The summed E-state index contributed by atoms with van der Waals surface area (Å²) in [6, 6.07) is 74.7. The van der Waals surface area contributed by atoms with E-state index in [1.54, 1.807) is 0 Å². The SMILES string of the molecule is CC1(C)c2ccccc2-c2ccc(-c3ccc(N(c4ccccc4)c4ccc(-c5cccc(-n6c7ccccc7c7ccccc76)c5)c5oc6ccccc6c45)cc3)cc21. The number of benzene rings is 9. The van der Waals surface area contributed by atoms with Crippen molar-refractivity contribution in [2.24, 2.45) is 0 Å². The highest BCUT2D eigenvalue weighted by molar-refractivity contribution is 6.17. The van der Waals surface area contributed by atoms with Crippen LogP contribution in [0.4, 0.5) is 17.1 Å². The predicted octanol–water partition coefficient (Wildman–Crippen LogP) is 15.8. The molecule has 1 aliphatic rings. The molecule has 0 aliphatic heterocycles. The van der Waals surface area contributed by atoms with Gasteiger partial charge in [-0.2, -0.15) is 0 Å². The summed E-state index contributed by atoms with van der Waals surface area (Å²) in [6.45, 7) is 4.69. The van der Waals surface area contributed by atoms with Crippen LogP contribution < -0.4 is 4.90 Å². The van der Waals surface area contributed by atoms with Gasteiger partial charge in [0.25, 0.3) is 0 Å². The van der Waals surface area contributed by atoms with Crippen LogP contribution in [0.15, 0.2) is 211 Å². The van der Waals surface area contributed by atoms with E-state index >= 15 is 0 Å². The van der Waals surface area contributed by atoms with E-state index in [0.717, 1.165) is 55.8 Å². The number of hydrogen-bond acceptors (Lipinski definition) is 2. The first-order valence-electron chi connectivity index (χ1n) is 20.8. The highest BCUT2D eigenvalue weighted by Gasteiger charge is 2.35. The molecule has 0 spiro atoms. The van der Waals surface area contributed by atoms with Gasteiger partial charge >= 0.3 is 0 Å². The maximum absolute atomic E-state index is 6.89. The van der Waals surface area contributed by atoms with Crippen LogP contribution in [-0.2, 0) is 5.41 Å². The van der Waals surface area contributed by atoms with Crippen LogP contribution in [0.5, 0.6) is 0 Å². The first-order chi connectivity index (χ1) is 29.5. The molecule has 2 aromatic heterocycles. The van der Waals surface area contributed by atoms with Crippen molar-refractivity contribution in [1.29, 1.82) is 0 Å². The Morgan fingerprint density at radius 1 is 0.433 bits per heavy atom. The molecule has 60 heavy (non-hydrogen) atoms. The lowest BCUT2D eigenvalue weighted by molar-refractivity contribution is 0.660. The lowest BCUT2D eigenvalue weighted by Crippen LogP contribution is -2.14. The molecule has 0 saturated carbocycles. The molecule has 0 radical (unpaired) electrons. The lowest BCUT2D eigenvalue weighted by Gasteiger charge is -2.27. The van der Waals surface area contributed by atoms with E-state index in [-0.39, 0.29) is 5.41 Å². The van der Waals surface area contributed by atoms with Gasteiger partial charge in [0.05, 0.1) is 22.1 Å². The van der Waals surface area contributed by atoms with Crippen LogP contribution in [0, 0.1) is 0 Å². The molecule has 0 amide bonds. The molecule has 3 heteroatoms. The number of para-hydroxylation sites is 4. The van der Waals surface area contributed by atoms with Gasteiger partial charge in [0.1, 0.15) is 11.2 Å². The molecule has 2 heterocycles. The first-order valence-corrected chi connectivity index (χ1v) is 20.8. The summed E-state index contributed by atoms with van der Waals surface area (Å²) in [4.78, 5) is 2.37. The maximum atomic E-state index is 6.89. The van der Waals surface area contributed by atoms with Gasteiger partial charge in [-0.15, -0.1) is 0 Å². The highest BCUT2D eigenvalue weighted by Crippen LogP contribution is 2.50. The molecule has 0 atom stereocenters. The molecule has 0 bridgehead atoms. The van der Waals surface area contributed by atoms with Gasteiger partial charge in [0.15, 0.2) is 0 Å². The average molecular weight is 769 g/mol. The van der Waals surface area contributed by atoms with Gasteiger partial charge < -0.3 is 13.9 Å². The summed E-state index contributed by atoms with van der Waals surface area (Å²) >= 11 is 0. The van der Waals surface area contributed by atoms with Gasteiger partial charge in [-0.3, -0.25) is 0 Å². The van der Waals surface area contributed by atoms with Crippen molar-refractivity contribution >= 4 is 60.8 Å². The fourth-order valence-corrected chi connectivity index (χ4v) is 9.93. The third-order valence-electron chi connectivity index (χ3n) is 12.8. The molecule has 11 aromatic rings. The number of nitrogens with zero attached hydrogens (tertiary/aromatic N) is 2. The zero-order valence-electron chi connectivity index (χ0n) is 33.4. The van der Waals surface area contributed by atoms with E-state index in [9.17, 15) is 0 Å². The average Bonchev–Trinajstić information content (AvgIpc) is 3.93. The van der Waals surface area contributed by atoms with Crippen molar-refractivity contribution in [3.8, 4) is 39.1 Å². The molecular weight excluding hydrogens is 729 g/mol. The third kappa shape index (κ3) is 5.15. The zero-order chi connectivity index (χ0) is 40.0. The van der Waals surface area contributed by atoms with Crippen LogP contribution >= 0.6 is 0 Å². The Kier molecular flexibility index (Phi) is 7.58. The number of furan rings is 1. The Morgan fingerprint density at radius 3 is 1.83 bits per heavy atom. The Bertz CT molecular complexity index is 3410. The van der Waals surface area contributed by atoms with Crippen molar-refractivity contribution in [1.82, 2.24) is 4.57 Å². The number of fused-ring (bicyclic) bond motifs is 9. The Labute approximate surface area is 349 Å². The Morgan fingerprint density at radius 2 is 1.05 bits per heavy atom. The maximum Gasteiger partial charge on any atom is 0.145 e. The predicted molar refractivity (Wildman–Crippen MR) is 251 cm³/mol. The van der Waals surface area contributed by atoms with Crippen molar-refractivity contribution in [2.45, 2.75) is 19.3 Å². The fraction of sp³-hybridized carbons (Fsp3) is 0.0526. The summed E-state index contributed by atoms with van der Waals surface area (Å²) in [6.07, 6.45) is 0. The molecule has 0 N–H and O–H groups in total. The van der Waals surface area contributed by atoms with E-state index in [0.29, 0.717) is 0 Å². The molecule has 284 valence electrons. The van der Waals surface area contributed by atoms with Crippen LogP contribution in [0.1, 0.15) is 25.0 Å². The van der Waals surface area contributed by atoms with Gasteiger partial charge in [-0.1, -0.05) is 147 Å². The number of aromatic nitrogens is 1. The van der Waals surface area contributed by atoms with Crippen molar-refractivity contribution < 1.29 is 4.42 Å². The monoisotopic (exact) mass is 768 g/mol. The van der Waals surface area contributed by atoms with Crippen LogP contribution in [-0.4, -0.2) is 4.57 Å². The number of anilines is 3. The summed E-state index contributed by atoms with van der Waals surface area (Å²) < 4.78 is 9.27. The van der Waals surface area contributed by atoms with E-state index in [4.69, 9.17) is 4.42 Å². The van der Waals surface area contributed by atoms with Crippen LogP contribution in [0.2, 0.25) is 0 Å². The molecule has 0 saturated heterocycles. The van der Waals surface area contributed by atoms with Crippen LogP contribution in [0.3, 0.4) is 0 Å². The van der Waals surface area contributed by atoms with Crippen molar-refractivity contribution in [3.63, 3.8) is 0 Å². The minimum absolute atomic E-state index is 0.0523. The smallest absolute Gasteiger partial charge is 0.145 e. The highest BCUT2D eigenvalue weighted by atomic mass is 16.3. The van der Waals surface area contributed by atoms with E-state index < -0.39 is 0 Å². The summed E-state index contributed by atoms with van der Waals surface area (Å²) in [7, 11) is 0. The second-order valence-corrected chi connectivity index (χ2v) is 16.5. The van der Waals surface area contributed by atoms with Crippen LogP contribution in [0.25, 0.3) is 82.8 Å². The quantitative estimate of drug-likeness (QED) is 0.168. The van der Waals surface area contributed by atoms with Crippen molar-refractivity contribution in [2.75, 3.05) is 4.90 Å². The minimum Gasteiger partial charge on any atom is -0.455 e. The molecule has 0 fully saturated rings. The van der Waals surface area contributed by atoms with E-state index in [1.807, 2.05) is 0 Å². The standard InChI is InChI=1S/C57H40N2O/c1-57(2)49-23-10-6-19-44(49)45-32-29-38(36-50(45)57)37-27-30-41(31-28-37)58(40-16-4-3-5-17-40)53-34-33-43(56-55(53)48-22-9-13-26-54(48)60-56)39-15-14-18-42(35-39)59-51-24-11-7-20-46(51)47-21-8-12-25-52(47)59/h3-36H,1-2H3. The molecule has 1 aliphatic carbocycles. The second-order valence-electron chi connectivity index (χ2n) is 16.5. The topological polar surface area (TPSA) is 21.3 Å². The normalized spacial score (nSPS) is 13.0. The third-order valence-corrected chi connectivity index (χ3v) is 12.8. The van der Waals surface area contributed by atoms with E-state index in [2.05, 4.69) is 230 Å². The minimum atomic E-state index is -0.0523. The Balaban J connectivity index is 0.998. The number of rotatable bonds is 6. The molecule has 9 aromatic carbocycles.